The highest BCUT2D eigenvalue weighted by atomic mass is 32.1. The Bertz CT molecular complexity index is 266. The lowest BCUT2D eigenvalue weighted by atomic mass is 10.1. The lowest BCUT2D eigenvalue weighted by molar-refractivity contribution is 1.14. The summed E-state index contributed by atoms with van der Waals surface area (Å²) in [5, 5.41) is 0. The predicted molar refractivity (Wildman–Crippen MR) is 56.5 cm³/mol. The molecule has 1 aromatic carbocycles. The molecule has 0 bridgehead atoms. The summed E-state index contributed by atoms with van der Waals surface area (Å²) in [7, 11) is 0. The van der Waals surface area contributed by atoms with E-state index in [1.165, 1.54) is 5.56 Å². The molecule has 0 radical (unpaired) electrons. The zero-order valence-corrected chi connectivity index (χ0v) is 8.08. The van der Waals surface area contributed by atoms with Crippen LogP contribution >= 0.6 is 24.8 Å². The maximum atomic E-state index is 4.98. The summed E-state index contributed by atoms with van der Waals surface area (Å²) in [6.45, 7) is 2.12. The topological polar surface area (TPSA) is 0 Å². The van der Waals surface area contributed by atoms with Crippen LogP contribution < -0.4 is 0 Å². The van der Waals surface area contributed by atoms with Crippen molar-refractivity contribution in [3.05, 3.63) is 35.4 Å². The number of thiocarbonyl (C=S) groups is 1. The van der Waals surface area contributed by atoms with Crippen LogP contribution in [-0.2, 0) is 6.42 Å². The van der Waals surface area contributed by atoms with Gasteiger partial charge in [-0.15, -0.1) is 12.6 Å². The summed E-state index contributed by atoms with van der Waals surface area (Å²) < 4.78 is 0.683. The average Bonchev–Trinajstić information content (AvgIpc) is 2.04. The van der Waals surface area contributed by atoms with E-state index < -0.39 is 0 Å². The lowest BCUT2D eigenvalue weighted by Gasteiger charge is -2.03. The standard InChI is InChI=1S/C9H10S2/c1-2-7-5-3-4-6-8(7)9(10)11/h3-6H,2H2,1H3,(H,10,11). The molecular formula is C9H10S2. The van der Waals surface area contributed by atoms with Gasteiger partial charge in [-0.1, -0.05) is 43.4 Å². The number of benzene rings is 1. The Morgan fingerprint density at radius 2 is 2.09 bits per heavy atom. The molecule has 0 aliphatic heterocycles. The van der Waals surface area contributed by atoms with Gasteiger partial charge in [-0.05, 0) is 12.0 Å². The molecule has 58 valence electrons. The Labute approximate surface area is 78.0 Å². The Balaban J connectivity index is 3.12. The van der Waals surface area contributed by atoms with Crippen molar-refractivity contribution in [2.45, 2.75) is 13.3 Å². The molecule has 0 unspecified atom stereocenters. The van der Waals surface area contributed by atoms with Crippen molar-refractivity contribution in [1.82, 2.24) is 0 Å². The summed E-state index contributed by atoms with van der Waals surface area (Å²) in [5.41, 5.74) is 2.36. The second-order valence-electron chi connectivity index (χ2n) is 2.32. The molecule has 1 rings (SSSR count). The van der Waals surface area contributed by atoms with Crippen molar-refractivity contribution < 1.29 is 0 Å². The van der Waals surface area contributed by atoms with Gasteiger partial charge in [0.1, 0.15) is 0 Å². The molecule has 0 spiro atoms. The van der Waals surface area contributed by atoms with Crippen LogP contribution in [-0.4, -0.2) is 4.20 Å². The van der Waals surface area contributed by atoms with E-state index in [0.717, 1.165) is 12.0 Å². The van der Waals surface area contributed by atoms with E-state index in [-0.39, 0.29) is 0 Å². The van der Waals surface area contributed by atoms with Gasteiger partial charge in [0.25, 0.3) is 0 Å². The van der Waals surface area contributed by atoms with Crippen LogP contribution in [0.15, 0.2) is 24.3 Å². The lowest BCUT2D eigenvalue weighted by Crippen LogP contribution is -1.93. The Hall–Kier alpha value is -0.340. The third-order valence-electron chi connectivity index (χ3n) is 1.63. The van der Waals surface area contributed by atoms with E-state index in [0.29, 0.717) is 4.20 Å². The minimum atomic E-state index is 0.683. The molecule has 0 N–H and O–H groups in total. The van der Waals surface area contributed by atoms with Crippen LogP contribution in [0.2, 0.25) is 0 Å². The molecule has 2 heteroatoms. The van der Waals surface area contributed by atoms with Gasteiger partial charge in [-0.3, -0.25) is 0 Å². The second kappa shape index (κ2) is 3.88. The molecule has 0 aliphatic rings. The first-order valence-electron chi connectivity index (χ1n) is 3.57. The predicted octanol–water partition coefficient (Wildman–Crippen LogP) is 2.85. The fourth-order valence-electron chi connectivity index (χ4n) is 1.04. The van der Waals surface area contributed by atoms with E-state index in [9.17, 15) is 0 Å². The zero-order chi connectivity index (χ0) is 8.27. The summed E-state index contributed by atoms with van der Waals surface area (Å²) in [4.78, 5) is 0. The van der Waals surface area contributed by atoms with Gasteiger partial charge in [-0.2, -0.15) is 0 Å². The highest BCUT2D eigenvalue weighted by molar-refractivity contribution is 8.11. The van der Waals surface area contributed by atoms with Crippen molar-refractivity contribution in [2.24, 2.45) is 0 Å². The summed E-state index contributed by atoms with van der Waals surface area (Å²) in [5.74, 6) is 0. The van der Waals surface area contributed by atoms with Crippen LogP contribution in [0.3, 0.4) is 0 Å². The molecule has 0 heterocycles. The van der Waals surface area contributed by atoms with Crippen LogP contribution in [0.1, 0.15) is 18.1 Å². The number of thiol groups is 1. The second-order valence-corrected chi connectivity index (χ2v) is 3.47. The number of hydrogen-bond acceptors (Lipinski definition) is 1. The Morgan fingerprint density at radius 1 is 1.45 bits per heavy atom. The maximum Gasteiger partial charge on any atom is 0.0750 e. The first-order chi connectivity index (χ1) is 5.25. The van der Waals surface area contributed by atoms with E-state index in [2.05, 4.69) is 25.6 Å². The van der Waals surface area contributed by atoms with Crippen molar-refractivity contribution in [3.8, 4) is 0 Å². The van der Waals surface area contributed by atoms with Gasteiger partial charge in [0, 0.05) is 5.56 Å². The van der Waals surface area contributed by atoms with Crippen molar-refractivity contribution in [2.75, 3.05) is 0 Å². The number of hydrogen-bond donors (Lipinski definition) is 1. The molecule has 0 saturated carbocycles. The molecule has 0 aromatic heterocycles. The molecule has 0 atom stereocenters. The molecule has 0 nitrogen and oxygen atoms in total. The van der Waals surface area contributed by atoms with Gasteiger partial charge in [0.2, 0.25) is 0 Å². The molecule has 0 amide bonds. The minimum absolute atomic E-state index is 0.683. The van der Waals surface area contributed by atoms with Crippen LogP contribution in [0.25, 0.3) is 0 Å². The first-order valence-corrected chi connectivity index (χ1v) is 4.42. The molecule has 0 fully saturated rings. The monoisotopic (exact) mass is 182 g/mol. The van der Waals surface area contributed by atoms with E-state index in [4.69, 9.17) is 12.2 Å². The number of aryl methyl sites for hydroxylation is 1. The quantitative estimate of drug-likeness (QED) is 0.542. The maximum absolute atomic E-state index is 4.98. The molecule has 11 heavy (non-hydrogen) atoms. The summed E-state index contributed by atoms with van der Waals surface area (Å²) >= 11 is 9.12. The highest BCUT2D eigenvalue weighted by Gasteiger charge is 2.00. The fourth-order valence-corrected chi connectivity index (χ4v) is 1.45. The average molecular weight is 182 g/mol. The van der Waals surface area contributed by atoms with Gasteiger partial charge < -0.3 is 0 Å². The van der Waals surface area contributed by atoms with Crippen LogP contribution in [0.5, 0.6) is 0 Å². The molecule has 1 aromatic rings. The van der Waals surface area contributed by atoms with Crippen LogP contribution in [0, 0.1) is 0 Å². The van der Waals surface area contributed by atoms with Gasteiger partial charge in [0.05, 0.1) is 4.20 Å². The van der Waals surface area contributed by atoms with Crippen molar-refractivity contribution in [3.63, 3.8) is 0 Å². The molecule has 0 saturated heterocycles. The largest absolute Gasteiger partial charge is 0.131 e. The SMILES string of the molecule is CCc1ccccc1C(=S)S. The minimum Gasteiger partial charge on any atom is -0.131 e. The first kappa shape index (κ1) is 8.75. The smallest absolute Gasteiger partial charge is 0.0750 e. The zero-order valence-electron chi connectivity index (χ0n) is 6.37. The van der Waals surface area contributed by atoms with Crippen LogP contribution in [0.4, 0.5) is 0 Å². The normalized spacial score (nSPS) is 9.64. The molecule has 0 aliphatic carbocycles. The van der Waals surface area contributed by atoms with Crippen molar-refractivity contribution >= 4 is 29.0 Å². The van der Waals surface area contributed by atoms with E-state index in [1.807, 2.05) is 18.2 Å². The summed E-state index contributed by atoms with van der Waals surface area (Å²) in [6.07, 6.45) is 1.01. The third-order valence-corrected chi connectivity index (χ3v) is 2.09. The van der Waals surface area contributed by atoms with E-state index >= 15 is 0 Å². The molecular weight excluding hydrogens is 172 g/mol. The Morgan fingerprint density at radius 3 is 2.55 bits per heavy atom. The van der Waals surface area contributed by atoms with Crippen molar-refractivity contribution in [1.29, 1.82) is 0 Å². The summed E-state index contributed by atoms with van der Waals surface area (Å²) in [6, 6.07) is 8.09. The van der Waals surface area contributed by atoms with Gasteiger partial charge >= 0.3 is 0 Å². The van der Waals surface area contributed by atoms with E-state index in [1.54, 1.807) is 0 Å². The fraction of sp³-hybridized carbons (Fsp3) is 0.222. The Kier molecular flexibility index (Phi) is 3.09. The third kappa shape index (κ3) is 2.04. The van der Waals surface area contributed by atoms with Gasteiger partial charge in [0.15, 0.2) is 0 Å². The number of rotatable bonds is 2. The highest BCUT2D eigenvalue weighted by Crippen LogP contribution is 2.12. The van der Waals surface area contributed by atoms with Gasteiger partial charge in [-0.25, -0.2) is 0 Å².